The fourth-order valence-corrected chi connectivity index (χ4v) is 1.98. The first-order chi connectivity index (χ1) is 9.92. The van der Waals surface area contributed by atoms with Crippen LogP contribution in [0.5, 0.6) is 0 Å². The second kappa shape index (κ2) is 8.14. The van der Waals surface area contributed by atoms with Crippen LogP contribution in [0.3, 0.4) is 0 Å². The number of halogens is 3. The van der Waals surface area contributed by atoms with Crippen molar-refractivity contribution in [3.63, 3.8) is 0 Å². The Labute approximate surface area is 131 Å². The quantitative estimate of drug-likeness (QED) is 0.323. The van der Waals surface area contributed by atoms with E-state index in [1.54, 1.807) is 13.8 Å². The highest BCUT2D eigenvalue weighted by Crippen LogP contribution is 2.28. The van der Waals surface area contributed by atoms with Gasteiger partial charge in [-0.25, -0.2) is 14.2 Å². The molecule has 0 amide bonds. The van der Waals surface area contributed by atoms with Crippen molar-refractivity contribution in [3.05, 3.63) is 22.6 Å². The third kappa shape index (κ3) is 4.54. The van der Waals surface area contributed by atoms with Gasteiger partial charge in [-0.05, 0) is 13.8 Å². The summed E-state index contributed by atoms with van der Waals surface area (Å²) in [6, 6.07) is 0. The molecule has 0 aromatic carbocycles. The number of Topliss-reactive ketones (excluding diaryl/α,β-unsaturated/α-hetero) is 1. The van der Waals surface area contributed by atoms with Gasteiger partial charge in [-0.1, -0.05) is 23.2 Å². The summed E-state index contributed by atoms with van der Waals surface area (Å²) in [6.45, 7) is 3.83. The number of ether oxygens (including phenoxy) is 2. The minimum atomic E-state index is -2.07. The van der Waals surface area contributed by atoms with Crippen molar-refractivity contribution in [1.82, 2.24) is 0 Å². The zero-order valence-corrected chi connectivity index (χ0v) is 13.0. The van der Waals surface area contributed by atoms with Gasteiger partial charge >= 0.3 is 5.97 Å². The lowest BCUT2D eigenvalue weighted by molar-refractivity contribution is -0.138. The minimum Gasteiger partial charge on any atom is -0.501 e. The summed E-state index contributed by atoms with van der Waals surface area (Å²) in [7, 11) is 0. The summed E-state index contributed by atoms with van der Waals surface area (Å²) in [5, 5.41) is -0.772. The van der Waals surface area contributed by atoms with Crippen molar-refractivity contribution in [3.8, 4) is 0 Å². The Morgan fingerprint density at radius 1 is 1.38 bits per heavy atom. The fourth-order valence-electron chi connectivity index (χ4n) is 1.50. The number of carbonyl (C=O) groups is 2. The van der Waals surface area contributed by atoms with Crippen LogP contribution in [0.2, 0.25) is 0 Å². The molecule has 116 valence electrons. The lowest BCUT2D eigenvalue weighted by atomic mass is 9.99. The number of aliphatic imine (C=N–C) groups is 1. The summed E-state index contributed by atoms with van der Waals surface area (Å²) in [4.78, 5) is 27.2. The van der Waals surface area contributed by atoms with Crippen LogP contribution in [0.15, 0.2) is 27.6 Å². The summed E-state index contributed by atoms with van der Waals surface area (Å²) in [6.07, 6.45) is -1.15. The second-order valence-electron chi connectivity index (χ2n) is 3.93. The molecule has 0 spiro atoms. The van der Waals surface area contributed by atoms with Gasteiger partial charge in [0.1, 0.15) is 10.3 Å². The van der Waals surface area contributed by atoms with E-state index >= 15 is 0 Å². The average molecular weight is 338 g/mol. The summed E-state index contributed by atoms with van der Waals surface area (Å²) in [5.74, 6) is -1.60. The van der Waals surface area contributed by atoms with E-state index in [9.17, 15) is 14.0 Å². The van der Waals surface area contributed by atoms with Gasteiger partial charge in [-0.2, -0.15) is 0 Å². The van der Waals surface area contributed by atoms with E-state index < -0.39 is 23.1 Å². The first-order valence-corrected chi connectivity index (χ1v) is 6.96. The smallest absolute Gasteiger partial charge is 0.337 e. The van der Waals surface area contributed by atoms with Crippen molar-refractivity contribution in [2.45, 2.75) is 26.4 Å². The predicted molar refractivity (Wildman–Crippen MR) is 77.0 cm³/mol. The van der Waals surface area contributed by atoms with Crippen LogP contribution in [0, 0.1) is 0 Å². The Bertz CT molecular complexity index is 528. The Morgan fingerprint density at radius 2 is 2.05 bits per heavy atom. The number of carbonyl (C=O) groups excluding carboxylic acids is 2. The molecule has 0 aromatic heterocycles. The molecule has 1 unspecified atom stereocenters. The molecule has 0 aliphatic carbocycles. The molecule has 1 aliphatic heterocycles. The maximum Gasteiger partial charge on any atom is 0.337 e. The highest BCUT2D eigenvalue weighted by Gasteiger charge is 2.33. The molecule has 21 heavy (non-hydrogen) atoms. The molecule has 1 heterocycles. The van der Waals surface area contributed by atoms with E-state index in [2.05, 4.69) is 4.99 Å². The van der Waals surface area contributed by atoms with Gasteiger partial charge in [0.25, 0.3) is 0 Å². The molecule has 0 radical (unpaired) electrons. The van der Waals surface area contributed by atoms with Crippen molar-refractivity contribution in [2.75, 3.05) is 13.2 Å². The van der Waals surface area contributed by atoms with Crippen molar-refractivity contribution in [2.24, 2.45) is 4.99 Å². The van der Waals surface area contributed by atoms with Gasteiger partial charge in [0.15, 0.2) is 0 Å². The van der Waals surface area contributed by atoms with E-state index in [1.807, 2.05) is 0 Å². The Hall–Kier alpha value is -1.40. The average Bonchev–Trinajstić information content (AvgIpc) is 2.44. The third-order valence-corrected chi connectivity index (χ3v) is 3.08. The minimum absolute atomic E-state index is 0.0422. The van der Waals surface area contributed by atoms with E-state index in [-0.39, 0.29) is 29.3 Å². The Kier molecular flexibility index (Phi) is 6.84. The van der Waals surface area contributed by atoms with Crippen LogP contribution >= 0.6 is 23.2 Å². The predicted octanol–water partition coefficient (Wildman–Crippen LogP) is 2.87. The monoisotopic (exact) mass is 337 g/mol. The highest BCUT2D eigenvalue weighted by molar-refractivity contribution is 6.69. The Morgan fingerprint density at radius 3 is 2.62 bits per heavy atom. The van der Waals surface area contributed by atoms with Crippen LogP contribution in [-0.2, 0) is 19.1 Å². The number of hydrogen-bond donors (Lipinski definition) is 0. The molecular weight excluding hydrogens is 324 g/mol. The molecule has 5 nitrogen and oxygen atoms in total. The molecule has 0 fully saturated rings. The maximum atomic E-state index is 13.6. The van der Waals surface area contributed by atoms with Crippen LogP contribution in [0.4, 0.5) is 4.39 Å². The van der Waals surface area contributed by atoms with Gasteiger partial charge in [0.05, 0.1) is 25.0 Å². The van der Waals surface area contributed by atoms with Crippen LogP contribution in [0.1, 0.15) is 20.3 Å². The number of alkyl halides is 1. The molecular formula is C13H14Cl2FNO4. The summed E-state index contributed by atoms with van der Waals surface area (Å²) in [5.41, 5.74) is -0.104. The van der Waals surface area contributed by atoms with Crippen LogP contribution in [-0.4, -0.2) is 36.3 Å². The van der Waals surface area contributed by atoms with E-state index in [4.69, 9.17) is 32.7 Å². The zero-order valence-electron chi connectivity index (χ0n) is 11.5. The zero-order chi connectivity index (χ0) is 16.0. The third-order valence-electron chi connectivity index (χ3n) is 2.49. The van der Waals surface area contributed by atoms with E-state index in [0.717, 1.165) is 6.26 Å². The van der Waals surface area contributed by atoms with Crippen molar-refractivity contribution in [1.29, 1.82) is 0 Å². The molecule has 8 heteroatoms. The molecule has 0 N–H and O–H groups in total. The first kappa shape index (κ1) is 17.7. The highest BCUT2D eigenvalue weighted by atomic mass is 35.5. The van der Waals surface area contributed by atoms with Crippen molar-refractivity contribution < 1.29 is 23.5 Å². The number of rotatable bonds is 6. The number of esters is 1. The van der Waals surface area contributed by atoms with Gasteiger partial charge in [-0.3, -0.25) is 4.79 Å². The number of hydrogen-bond acceptors (Lipinski definition) is 5. The lowest BCUT2D eigenvalue weighted by Crippen LogP contribution is -2.28. The normalized spacial score (nSPS) is 19.5. The molecule has 0 saturated heterocycles. The SMILES string of the molecule is CCOC=C(CC1=C(Cl)N=C(Cl)C(F)C1=O)C(=O)OCC. The standard InChI is InChI=1S/C13H14Cl2FNO4/c1-3-20-6-7(13(19)21-4-2)5-8-10(18)9(16)12(15)17-11(8)14/h6,9H,3-5H2,1-2H3. The molecule has 0 bridgehead atoms. The van der Waals surface area contributed by atoms with E-state index in [1.165, 1.54) is 0 Å². The van der Waals surface area contributed by atoms with Gasteiger partial charge in [0, 0.05) is 12.0 Å². The Balaban J connectivity index is 3.05. The second-order valence-corrected chi connectivity index (χ2v) is 4.67. The van der Waals surface area contributed by atoms with Gasteiger partial charge in [-0.15, -0.1) is 0 Å². The first-order valence-electron chi connectivity index (χ1n) is 6.21. The maximum absolute atomic E-state index is 13.6. The fraction of sp³-hybridized carbons (Fsp3) is 0.462. The largest absolute Gasteiger partial charge is 0.501 e. The number of nitrogens with zero attached hydrogens (tertiary/aromatic N) is 1. The van der Waals surface area contributed by atoms with E-state index in [0.29, 0.717) is 6.61 Å². The van der Waals surface area contributed by atoms with Gasteiger partial charge < -0.3 is 9.47 Å². The molecule has 1 atom stereocenters. The van der Waals surface area contributed by atoms with Gasteiger partial charge in [0.2, 0.25) is 12.0 Å². The van der Waals surface area contributed by atoms with Crippen LogP contribution in [0.25, 0.3) is 0 Å². The summed E-state index contributed by atoms with van der Waals surface area (Å²) < 4.78 is 23.4. The number of ketones is 1. The number of allylic oxidation sites excluding steroid dienone is 1. The molecule has 0 aromatic rings. The van der Waals surface area contributed by atoms with Crippen molar-refractivity contribution >= 4 is 40.1 Å². The summed E-state index contributed by atoms with van der Waals surface area (Å²) >= 11 is 11.3. The molecule has 1 rings (SSSR count). The van der Waals surface area contributed by atoms with Crippen LogP contribution < -0.4 is 0 Å². The topological polar surface area (TPSA) is 65.0 Å². The molecule has 0 saturated carbocycles. The lowest BCUT2D eigenvalue weighted by Gasteiger charge is -2.16. The molecule has 1 aliphatic rings.